The molecule has 3 rings (SSSR count). The Labute approximate surface area is 196 Å². The lowest BCUT2D eigenvalue weighted by atomic mass is 10.0. The number of nitrogens with two attached hydrogens (primary N) is 1. The maximum Gasteiger partial charge on any atom is 0.410 e. The first-order valence-electron chi connectivity index (χ1n) is 10.6. The predicted octanol–water partition coefficient (Wildman–Crippen LogP) is 2.86. The van der Waals surface area contributed by atoms with Crippen molar-refractivity contribution >= 4 is 44.1 Å². The molecule has 0 atom stereocenters. The van der Waals surface area contributed by atoms with Crippen molar-refractivity contribution in [1.29, 1.82) is 0 Å². The highest BCUT2D eigenvalue weighted by Gasteiger charge is 2.30. The summed E-state index contributed by atoms with van der Waals surface area (Å²) < 4.78 is 30.0. The van der Waals surface area contributed by atoms with E-state index in [0.717, 1.165) is 16.0 Å². The van der Waals surface area contributed by atoms with E-state index >= 15 is 0 Å². The fourth-order valence-electron chi connectivity index (χ4n) is 3.60. The summed E-state index contributed by atoms with van der Waals surface area (Å²) in [7, 11) is -3.49. The largest absolute Gasteiger partial charge is 0.450 e. The number of carbonyl (C=O) groups is 3. The quantitative estimate of drug-likeness (QED) is 0.580. The second kappa shape index (κ2) is 10.3. The molecule has 11 heteroatoms. The van der Waals surface area contributed by atoms with Crippen LogP contribution in [0.3, 0.4) is 0 Å². The molecule has 9 nitrogen and oxygen atoms in total. The van der Waals surface area contributed by atoms with Crippen LogP contribution in [0.1, 0.15) is 46.1 Å². The zero-order valence-corrected chi connectivity index (χ0v) is 20.2. The normalized spacial score (nSPS) is 13.3. The molecule has 0 spiro atoms. The molecule has 3 N–H and O–H groups in total. The number of nitrogens with one attached hydrogen (secondary N) is 1. The molecular formula is C22H27N3O6S2. The summed E-state index contributed by atoms with van der Waals surface area (Å²) in [5, 5.41) is 3.02. The molecule has 33 heavy (non-hydrogen) atoms. The van der Waals surface area contributed by atoms with Gasteiger partial charge >= 0.3 is 6.09 Å². The van der Waals surface area contributed by atoms with Crippen LogP contribution < -0.4 is 11.1 Å². The molecular weight excluding hydrogens is 466 g/mol. The van der Waals surface area contributed by atoms with Crippen LogP contribution in [0.15, 0.2) is 29.2 Å². The second-order valence-electron chi connectivity index (χ2n) is 7.73. The van der Waals surface area contributed by atoms with Gasteiger partial charge in [0.2, 0.25) is 5.91 Å². The zero-order chi connectivity index (χ0) is 24.2. The average molecular weight is 494 g/mol. The van der Waals surface area contributed by atoms with Crippen molar-refractivity contribution in [1.82, 2.24) is 4.90 Å². The number of anilines is 1. The van der Waals surface area contributed by atoms with Crippen LogP contribution in [-0.2, 0) is 32.3 Å². The fourth-order valence-corrected chi connectivity index (χ4v) is 6.19. The first-order valence-corrected chi connectivity index (χ1v) is 13.0. The van der Waals surface area contributed by atoms with Crippen LogP contribution in [0.4, 0.5) is 9.80 Å². The Hall–Kier alpha value is -2.92. The molecule has 0 radical (unpaired) electrons. The van der Waals surface area contributed by atoms with E-state index in [0.29, 0.717) is 18.0 Å². The Bertz CT molecular complexity index is 1160. The van der Waals surface area contributed by atoms with E-state index in [9.17, 15) is 22.8 Å². The molecule has 0 bridgehead atoms. The van der Waals surface area contributed by atoms with Crippen molar-refractivity contribution in [2.24, 2.45) is 5.73 Å². The van der Waals surface area contributed by atoms with E-state index in [4.69, 9.17) is 10.5 Å². The lowest BCUT2D eigenvalue weighted by molar-refractivity contribution is -0.116. The number of fused-ring (bicyclic) bond motifs is 1. The van der Waals surface area contributed by atoms with Gasteiger partial charge in [-0.25, -0.2) is 13.2 Å². The summed E-state index contributed by atoms with van der Waals surface area (Å²) in [6.45, 7) is 4.51. The number of nitrogens with zero attached hydrogens (tertiary/aromatic N) is 1. The second-order valence-corrected chi connectivity index (χ2v) is 10.9. The third-order valence-corrected chi connectivity index (χ3v) is 8.23. The van der Waals surface area contributed by atoms with Crippen molar-refractivity contribution in [2.75, 3.05) is 24.2 Å². The smallest absolute Gasteiger partial charge is 0.410 e. The van der Waals surface area contributed by atoms with E-state index in [1.54, 1.807) is 31.2 Å². The van der Waals surface area contributed by atoms with Crippen LogP contribution in [0.5, 0.6) is 0 Å². The lowest BCUT2D eigenvalue weighted by Gasteiger charge is -2.26. The average Bonchev–Trinajstić information content (AvgIpc) is 3.11. The van der Waals surface area contributed by atoms with Gasteiger partial charge in [-0.05, 0) is 44.4 Å². The van der Waals surface area contributed by atoms with Crippen molar-refractivity contribution in [3.63, 3.8) is 0 Å². The molecule has 2 aromatic rings. The van der Waals surface area contributed by atoms with Crippen molar-refractivity contribution in [3.05, 3.63) is 45.8 Å². The van der Waals surface area contributed by atoms with Gasteiger partial charge in [-0.2, -0.15) is 0 Å². The van der Waals surface area contributed by atoms with Gasteiger partial charge in [0.1, 0.15) is 5.00 Å². The van der Waals surface area contributed by atoms with Crippen LogP contribution in [-0.4, -0.2) is 50.1 Å². The van der Waals surface area contributed by atoms with Gasteiger partial charge in [-0.15, -0.1) is 11.3 Å². The summed E-state index contributed by atoms with van der Waals surface area (Å²) in [6, 6.07) is 6.57. The van der Waals surface area contributed by atoms with E-state index in [1.807, 2.05) is 6.92 Å². The number of carbonyl (C=O) groups excluding carboxylic acids is 3. The van der Waals surface area contributed by atoms with Crippen LogP contribution in [0, 0.1) is 6.92 Å². The third-order valence-electron chi connectivity index (χ3n) is 5.28. The summed E-state index contributed by atoms with van der Waals surface area (Å²) in [5.74, 6) is -1.23. The highest BCUT2D eigenvalue weighted by molar-refractivity contribution is 7.91. The van der Waals surface area contributed by atoms with Gasteiger partial charge in [-0.1, -0.05) is 17.7 Å². The summed E-state index contributed by atoms with van der Waals surface area (Å²) >= 11 is 1.19. The van der Waals surface area contributed by atoms with Gasteiger partial charge < -0.3 is 20.7 Å². The summed E-state index contributed by atoms with van der Waals surface area (Å²) in [6.07, 6.45) is 0.0990. The first kappa shape index (κ1) is 24.7. The fraction of sp³-hybridized carbons (Fsp3) is 0.409. The lowest BCUT2D eigenvalue weighted by Crippen LogP contribution is -2.36. The number of ether oxygens (including phenoxy) is 1. The standard InChI is InChI=1S/C22H27N3O6S2/c1-3-31-22(28)25-11-10-16-17(13-25)32-21(19(16)20(23)27)24-18(26)5-4-12-33(29,30)15-8-6-14(2)7-9-15/h6-9H,3-5,10-13H2,1-2H3,(H2,23,27)(H,24,26). The Morgan fingerprint density at radius 2 is 1.91 bits per heavy atom. The Morgan fingerprint density at radius 3 is 2.55 bits per heavy atom. The Morgan fingerprint density at radius 1 is 1.21 bits per heavy atom. The molecule has 1 aliphatic heterocycles. The van der Waals surface area contributed by atoms with Crippen molar-refractivity contribution in [2.45, 2.75) is 44.6 Å². The highest BCUT2D eigenvalue weighted by atomic mass is 32.2. The van der Waals surface area contributed by atoms with E-state index in [2.05, 4.69) is 5.32 Å². The number of aryl methyl sites for hydroxylation is 1. The van der Waals surface area contributed by atoms with Crippen molar-refractivity contribution < 1.29 is 27.5 Å². The van der Waals surface area contributed by atoms with E-state index in [1.165, 1.54) is 16.2 Å². The predicted molar refractivity (Wildman–Crippen MR) is 125 cm³/mol. The van der Waals surface area contributed by atoms with Gasteiger partial charge in [0.25, 0.3) is 5.91 Å². The van der Waals surface area contributed by atoms with Gasteiger partial charge in [-0.3, -0.25) is 9.59 Å². The van der Waals surface area contributed by atoms with Gasteiger partial charge in [0.15, 0.2) is 9.84 Å². The minimum atomic E-state index is -3.49. The molecule has 178 valence electrons. The number of thiophene rings is 1. The summed E-state index contributed by atoms with van der Waals surface area (Å²) in [4.78, 5) is 39.1. The molecule has 0 saturated carbocycles. The molecule has 3 amide bonds. The zero-order valence-electron chi connectivity index (χ0n) is 18.5. The third kappa shape index (κ3) is 5.91. The molecule has 1 aromatic heterocycles. The monoisotopic (exact) mass is 493 g/mol. The molecule has 2 heterocycles. The molecule has 1 aliphatic rings. The van der Waals surface area contributed by atoms with Crippen LogP contribution in [0.2, 0.25) is 0 Å². The molecule has 0 saturated heterocycles. The van der Waals surface area contributed by atoms with E-state index < -0.39 is 27.7 Å². The van der Waals surface area contributed by atoms with Gasteiger partial charge in [0, 0.05) is 17.8 Å². The first-order chi connectivity index (χ1) is 15.6. The summed E-state index contributed by atoms with van der Waals surface area (Å²) in [5.41, 5.74) is 7.50. The topological polar surface area (TPSA) is 136 Å². The molecule has 1 aromatic carbocycles. The maximum absolute atomic E-state index is 12.5. The SMILES string of the molecule is CCOC(=O)N1CCc2c(sc(NC(=O)CCCS(=O)(=O)c3ccc(C)cc3)c2C(N)=O)C1. The van der Waals surface area contributed by atoms with Crippen LogP contribution >= 0.6 is 11.3 Å². The van der Waals surface area contributed by atoms with Gasteiger partial charge in [0.05, 0.1) is 29.4 Å². The maximum atomic E-state index is 12.5. The van der Waals surface area contributed by atoms with Crippen LogP contribution in [0.25, 0.3) is 0 Å². The number of sulfone groups is 1. The Balaban J connectivity index is 1.64. The molecule has 0 aliphatic carbocycles. The number of hydrogen-bond acceptors (Lipinski definition) is 7. The molecule has 0 fully saturated rings. The van der Waals surface area contributed by atoms with E-state index in [-0.39, 0.29) is 42.2 Å². The minimum absolute atomic E-state index is 0.0270. The minimum Gasteiger partial charge on any atom is -0.450 e. The number of benzene rings is 1. The molecule has 0 unspecified atom stereocenters. The Kier molecular flexibility index (Phi) is 7.75. The number of hydrogen-bond donors (Lipinski definition) is 2. The number of rotatable bonds is 8. The number of primary amides is 1. The number of amides is 3. The van der Waals surface area contributed by atoms with Crippen molar-refractivity contribution in [3.8, 4) is 0 Å². The highest BCUT2D eigenvalue weighted by Crippen LogP contribution is 2.37.